The van der Waals surface area contributed by atoms with Gasteiger partial charge in [0.15, 0.2) is 11.4 Å². The Kier molecular flexibility index (Phi) is 7.21. The molecule has 1 atom stereocenters. The van der Waals surface area contributed by atoms with Crippen LogP contribution < -0.4 is 4.74 Å². The topological polar surface area (TPSA) is 89.9 Å². The molecule has 6 nitrogen and oxygen atoms in total. The fourth-order valence-electron chi connectivity index (χ4n) is 3.69. The number of carboxylic acids is 1. The number of hydrogen-bond donors (Lipinski definition) is 1. The molecule has 1 aliphatic rings. The molecule has 3 aromatic carbocycles. The summed E-state index contributed by atoms with van der Waals surface area (Å²) in [7, 11) is 0. The Bertz CT molecular complexity index is 1370. The molecule has 0 amide bonds. The van der Waals surface area contributed by atoms with E-state index >= 15 is 0 Å². The number of halogens is 2. The predicted molar refractivity (Wildman–Crippen MR) is 130 cm³/mol. The van der Waals surface area contributed by atoms with Crippen LogP contribution in [-0.4, -0.2) is 34.3 Å². The van der Waals surface area contributed by atoms with E-state index < -0.39 is 28.3 Å². The van der Waals surface area contributed by atoms with Crippen LogP contribution in [0.15, 0.2) is 78.6 Å². The Hall–Kier alpha value is -3.98. The summed E-state index contributed by atoms with van der Waals surface area (Å²) in [5.74, 6) is -3.06. The molecule has 0 saturated heterocycles. The van der Waals surface area contributed by atoms with Gasteiger partial charge >= 0.3 is 5.97 Å². The highest BCUT2D eigenvalue weighted by Gasteiger charge is 2.43. The summed E-state index contributed by atoms with van der Waals surface area (Å²) in [6.07, 6.45) is 1.18. The minimum absolute atomic E-state index is 0.0158. The summed E-state index contributed by atoms with van der Waals surface area (Å²) in [6, 6.07) is 15.9. The minimum Gasteiger partial charge on any atom is -0.492 e. The van der Waals surface area contributed by atoms with Gasteiger partial charge in [-0.05, 0) is 36.8 Å². The van der Waals surface area contributed by atoms with Gasteiger partial charge in [0.2, 0.25) is 5.78 Å². The maximum absolute atomic E-state index is 14.1. The van der Waals surface area contributed by atoms with Gasteiger partial charge in [-0.2, -0.15) is 0 Å². The van der Waals surface area contributed by atoms with Gasteiger partial charge in [-0.25, -0.2) is 13.6 Å². The molecular weight excluding hydrogens is 490 g/mol. The standard InChI is InChI=1S/C27H20F2O6S/c1-27(17-5-3-2-4-6-17)24(30)15-23(35-27)26(33)36-12-11-34-22-10-7-16(13-20(22)25(31)32)19-9-8-18(28)14-21(19)29/h2-10,13-15H,11-12H2,1H3,(H,31,32). The SMILES string of the molecule is CC1(c2ccccc2)OC(C(=O)SCCOc2ccc(-c3ccc(F)cc3F)cc2C(=O)O)=CC1=O. The van der Waals surface area contributed by atoms with E-state index in [0.29, 0.717) is 11.6 Å². The zero-order valence-corrected chi connectivity index (χ0v) is 19.8. The monoisotopic (exact) mass is 510 g/mol. The number of carbonyl (C=O) groups is 3. The van der Waals surface area contributed by atoms with Gasteiger partial charge in [-0.3, -0.25) is 9.59 Å². The molecule has 1 heterocycles. The summed E-state index contributed by atoms with van der Waals surface area (Å²) >= 11 is 0.867. The number of aromatic carboxylic acids is 1. The third-order valence-electron chi connectivity index (χ3n) is 5.60. The number of rotatable bonds is 8. The van der Waals surface area contributed by atoms with Gasteiger partial charge in [0.25, 0.3) is 5.12 Å². The van der Waals surface area contributed by atoms with E-state index in [0.717, 1.165) is 17.8 Å². The molecule has 9 heteroatoms. The quantitative estimate of drug-likeness (QED) is 0.408. The lowest BCUT2D eigenvalue weighted by Crippen LogP contribution is -2.29. The maximum Gasteiger partial charge on any atom is 0.339 e. The first-order chi connectivity index (χ1) is 17.2. The zero-order valence-electron chi connectivity index (χ0n) is 19.0. The molecule has 0 bridgehead atoms. The number of ketones is 1. The largest absolute Gasteiger partial charge is 0.492 e. The van der Waals surface area contributed by atoms with Crippen molar-refractivity contribution in [2.24, 2.45) is 0 Å². The molecule has 36 heavy (non-hydrogen) atoms. The third kappa shape index (κ3) is 5.16. The number of ether oxygens (including phenoxy) is 2. The molecule has 3 aromatic rings. The summed E-state index contributed by atoms with van der Waals surface area (Å²) in [4.78, 5) is 36.8. The first-order valence-corrected chi connectivity index (χ1v) is 11.8. The van der Waals surface area contributed by atoms with Crippen molar-refractivity contribution in [2.75, 3.05) is 12.4 Å². The molecular formula is C27H20F2O6S. The highest BCUT2D eigenvalue weighted by Crippen LogP contribution is 2.36. The van der Waals surface area contributed by atoms with Crippen molar-refractivity contribution in [3.05, 3.63) is 101 Å². The molecule has 0 aromatic heterocycles. The highest BCUT2D eigenvalue weighted by molar-refractivity contribution is 8.14. The Labute approximate surface area is 209 Å². The number of thioether (sulfide) groups is 1. The third-order valence-corrected chi connectivity index (χ3v) is 6.43. The van der Waals surface area contributed by atoms with Crippen LogP contribution in [0.3, 0.4) is 0 Å². The predicted octanol–water partition coefficient (Wildman–Crippen LogP) is 5.37. The molecule has 0 spiro atoms. The average molecular weight is 511 g/mol. The van der Waals surface area contributed by atoms with Crippen LogP contribution in [0, 0.1) is 11.6 Å². The van der Waals surface area contributed by atoms with E-state index in [-0.39, 0.29) is 46.3 Å². The van der Waals surface area contributed by atoms with Crippen LogP contribution in [0.5, 0.6) is 5.75 Å². The lowest BCUT2D eigenvalue weighted by atomic mass is 9.92. The fourth-order valence-corrected chi connectivity index (χ4v) is 4.28. The van der Waals surface area contributed by atoms with Gasteiger partial charge in [0.1, 0.15) is 22.9 Å². The second-order valence-corrected chi connectivity index (χ2v) is 9.07. The lowest BCUT2D eigenvalue weighted by molar-refractivity contribution is -0.130. The van der Waals surface area contributed by atoms with Gasteiger partial charge < -0.3 is 14.6 Å². The van der Waals surface area contributed by atoms with Gasteiger partial charge in [-0.15, -0.1) is 0 Å². The van der Waals surface area contributed by atoms with E-state index in [1.807, 2.05) is 6.07 Å². The van der Waals surface area contributed by atoms with E-state index in [2.05, 4.69) is 0 Å². The van der Waals surface area contributed by atoms with E-state index in [4.69, 9.17) is 9.47 Å². The second kappa shape index (κ2) is 10.3. The summed E-state index contributed by atoms with van der Waals surface area (Å²) < 4.78 is 38.6. The van der Waals surface area contributed by atoms with Crippen molar-refractivity contribution < 1.29 is 37.7 Å². The second-order valence-electron chi connectivity index (χ2n) is 8.00. The van der Waals surface area contributed by atoms with Crippen molar-refractivity contribution in [1.29, 1.82) is 0 Å². The van der Waals surface area contributed by atoms with Crippen molar-refractivity contribution in [1.82, 2.24) is 0 Å². The van der Waals surface area contributed by atoms with Crippen LogP contribution >= 0.6 is 11.8 Å². The maximum atomic E-state index is 14.1. The smallest absolute Gasteiger partial charge is 0.339 e. The van der Waals surface area contributed by atoms with Crippen molar-refractivity contribution in [3.8, 4) is 16.9 Å². The molecule has 1 unspecified atom stereocenters. The molecule has 0 radical (unpaired) electrons. The number of hydrogen-bond acceptors (Lipinski definition) is 6. The Morgan fingerprint density at radius 2 is 1.81 bits per heavy atom. The molecule has 1 aliphatic heterocycles. The number of benzene rings is 3. The molecule has 4 rings (SSSR count). The summed E-state index contributed by atoms with van der Waals surface area (Å²) in [5, 5.41) is 9.11. The molecule has 0 saturated carbocycles. The Morgan fingerprint density at radius 3 is 2.50 bits per heavy atom. The van der Waals surface area contributed by atoms with Crippen LogP contribution in [0.25, 0.3) is 11.1 Å². The van der Waals surface area contributed by atoms with Crippen LogP contribution in [-0.2, 0) is 19.9 Å². The van der Waals surface area contributed by atoms with Crippen LogP contribution in [0.2, 0.25) is 0 Å². The van der Waals surface area contributed by atoms with Gasteiger partial charge in [-0.1, -0.05) is 48.2 Å². The Balaban J connectivity index is 1.37. The number of carbonyl (C=O) groups excluding carboxylic acids is 2. The molecule has 1 N–H and O–H groups in total. The molecule has 184 valence electrons. The van der Waals surface area contributed by atoms with Gasteiger partial charge in [0, 0.05) is 29.0 Å². The van der Waals surface area contributed by atoms with E-state index in [1.165, 1.54) is 30.3 Å². The first-order valence-electron chi connectivity index (χ1n) is 10.8. The summed E-state index contributed by atoms with van der Waals surface area (Å²) in [6.45, 7) is 1.59. The normalized spacial score (nSPS) is 16.9. The number of carboxylic acid groups (broad SMARTS) is 1. The average Bonchev–Trinajstić information content (AvgIpc) is 3.17. The van der Waals surface area contributed by atoms with Crippen molar-refractivity contribution >= 4 is 28.6 Å². The van der Waals surface area contributed by atoms with E-state index in [1.54, 1.807) is 31.2 Å². The minimum atomic E-state index is -1.29. The molecule has 0 aliphatic carbocycles. The highest BCUT2D eigenvalue weighted by atomic mass is 32.2. The van der Waals surface area contributed by atoms with Crippen molar-refractivity contribution in [2.45, 2.75) is 12.5 Å². The first kappa shape index (κ1) is 25.1. The zero-order chi connectivity index (χ0) is 25.9. The summed E-state index contributed by atoms with van der Waals surface area (Å²) in [5.41, 5.74) is -0.552. The van der Waals surface area contributed by atoms with Crippen LogP contribution in [0.4, 0.5) is 8.78 Å². The van der Waals surface area contributed by atoms with Crippen LogP contribution in [0.1, 0.15) is 22.8 Å². The fraction of sp³-hybridized carbons (Fsp3) is 0.148. The molecule has 0 fully saturated rings. The Morgan fingerprint density at radius 1 is 1.06 bits per heavy atom. The van der Waals surface area contributed by atoms with E-state index in [9.17, 15) is 28.3 Å². The lowest BCUT2D eigenvalue weighted by Gasteiger charge is -2.23. The van der Waals surface area contributed by atoms with Crippen molar-refractivity contribution in [3.63, 3.8) is 0 Å². The van der Waals surface area contributed by atoms with Gasteiger partial charge in [0.05, 0.1) is 6.61 Å².